The van der Waals surface area contributed by atoms with Crippen molar-refractivity contribution in [2.75, 3.05) is 13.2 Å². The van der Waals surface area contributed by atoms with Crippen molar-refractivity contribution in [3.63, 3.8) is 0 Å². The number of fused-ring (bicyclic) bond motifs is 1. The van der Waals surface area contributed by atoms with E-state index in [1.807, 2.05) is 44.2 Å². The highest BCUT2D eigenvalue weighted by Gasteiger charge is 2.24. The molecule has 0 aliphatic heterocycles. The van der Waals surface area contributed by atoms with Gasteiger partial charge in [-0.05, 0) is 60.9 Å². The predicted molar refractivity (Wildman–Crippen MR) is 152 cm³/mol. The van der Waals surface area contributed by atoms with Crippen molar-refractivity contribution in [1.82, 2.24) is 15.4 Å². The van der Waals surface area contributed by atoms with E-state index in [-0.39, 0.29) is 47.0 Å². The van der Waals surface area contributed by atoms with Crippen LogP contribution in [0.5, 0.6) is 0 Å². The number of sulfonamides is 1. The van der Waals surface area contributed by atoms with Crippen LogP contribution in [0.4, 0.5) is 4.39 Å². The topological polar surface area (TPSA) is 125 Å². The van der Waals surface area contributed by atoms with E-state index in [4.69, 9.17) is 11.6 Å². The maximum Gasteiger partial charge on any atom is 0.242 e. The van der Waals surface area contributed by atoms with Gasteiger partial charge in [-0.1, -0.05) is 43.6 Å². The number of benzene rings is 2. The highest BCUT2D eigenvalue weighted by molar-refractivity contribution is 7.89. The second-order valence-corrected chi connectivity index (χ2v) is 12.9. The van der Waals surface area contributed by atoms with Crippen molar-refractivity contribution in [1.29, 1.82) is 0 Å². The summed E-state index contributed by atoms with van der Waals surface area (Å²) in [6.45, 7) is 3.67. The maximum atomic E-state index is 13.3. The van der Waals surface area contributed by atoms with Crippen LogP contribution >= 0.6 is 22.9 Å². The molecule has 3 aromatic rings. The first kappa shape index (κ1) is 31.0. The van der Waals surface area contributed by atoms with Crippen molar-refractivity contribution in [3.8, 4) is 0 Å². The third kappa shape index (κ3) is 9.25. The Bertz CT molecular complexity index is 1360. The molecule has 4 N–H and O–H groups in total. The van der Waals surface area contributed by atoms with Gasteiger partial charge < -0.3 is 15.7 Å². The van der Waals surface area contributed by atoms with Gasteiger partial charge in [0.25, 0.3) is 0 Å². The summed E-state index contributed by atoms with van der Waals surface area (Å²) in [4.78, 5) is 26.2. The molecule has 0 aliphatic carbocycles. The highest BCUT2D eigenvalue weighted by atomic mass is 35.5. The zero-order valence-corrected chi connectivity index (χ0v) is 24.1. The number of carbonyl (C=O) groups excluding carboxylic acids is 2. The van der Waals surface area contributed by atoms with Crippen molar-refractivity contribution >= 4 is 54.9 Å². The average molecular weight is 598 g/mol. The van der Waals surface area contributed by atoms with E-state index in [0.717, 1.165) is 33.2 Å². The van der Waals surface area contributed by atoms with Gasteiger partial charge in [0.05, 0.1) is 18.1 Å². The summed E-state index contributed by atoms with van der Waals surface area (Å²) >= 11 is 7.41. The van der Waals surface area contributed by atoms with Crippen LogP contribution in [0, 0.1) is 11.7 Å². The molecule has 2 amide bonds. The van der Waals surface area contributed by atoms with Crippen LogP contribution in [0.25, 0.3) is 10.1 Å². The summed E-state index contributed by atoms with van der Waals surface area (Å²) in [6, 6.07) is 11.3. The van der Waals surface area contributed by atoms with Crippen molar-refractivity contribution < 1.29 is 27.5 Å². The van der Waals surface area contributed by atoms with Crippen molar-refractivity contribution in [2.24, 2.45) is 5.92 Å². The molecule has 3 rings (SSSR count). The fourth-order valence-electron chi connectivity index (χ4n) is 4.08. The summed E-state index contributed by atoms with van der Waals surface area (Å²) in [5.41, 5.74) is 0. The molecule has 0 aliphatic rings. The summed E-state index contributed by atoms with van der Waals surface area (Å²) < 4.78 is 42.0. The molecule has 0 unspecified atom stereocenters. The van der Waals surface area contributed by atoms with E-state index in [1.165, 1.54) is 0 Å². The zero-order chi connectivity index (χ0) is 28.6. The van der Waals surface area contributed by atoms with Gasteiger partial charge in [0, 0.05) is 22.2 Å². The minimum atomic E-state index is -4.09. The lowest BCUT2D eigenvalue weighted by molar-refractivity contribution is -0.129. The molecule has 0 saturated heterocycles. The van der Waals surface area contributed by atoms with Gasteiger partial charge >= 0.3 is 0 Å². The minimum absolute atomic E-state index is 0.164. The number of aliphatic hydroxyl groups is 1. The van der Waals surface area contributed by atoms with Gasteiger partial charge in [0.1, 0.15) is 16.8 Å². The first-order valence-electron chi connectivity index (χ1n) is 12.6. The number of carbonyl (C=O) groups is 2. The molecule has 0 bridgehead atoms. The minimum Gasteiger partial charge on any atom is -0.395 e. The molecule has 2 atom stereocenters. The predicted octanol–water partition coefficient (Wildman–Crippen LogP) is 4.00. The van der Waals surface area contributed by atoms with Gasteiger partial charge in [-0.25, -0.2) is 17.5 Å². The Labute approximate surface area is 237 Å². The molecule has 0 radical (unpaired) electrons. The molecule has 2 aromatic carbocycles. The normalized spacial score (nSPS) is 13.4. The second kappa shape index (κ2) is 14.2. The van der Waals surface area contributed by atoms with E-state index < -0.39 is 34.5 Å². The van der Waals surface area contributed by atoms with Crippen LogP contribution in [-0.2, 0) is 26.0 Å². The Kier molecular flexibility index (Phi) is 11.3. The molecule has 1 aromatic heterocycles. The van der Waals surface area contributed by atoms with Gasteiger partial charge in [0.2, 0.25) is 21.8 Å². The summed E-state index contributed by atoms with van der Waals surface area (Å²) in [5.74, 6) is -1.07. The van der Waals surface area contributed by atoms with Gasteiger partial charge in [-0.2, -0.15) is 0 Å². The largest absolute Gasteiger partial charge is 0.395 e. The zero-order valence-electron chi connectivity index (χ0n) is 21.7. The third-order valence-corrected chi connectivity index (χ3v) is 9.04. The molecule has 1 heterocycles. The Morgan fingerprint density at radius 3 is 2.54 bits per heavy atom. The van der Waals surface area contributed by atoms with Crippen molar-refractivity contribution in [2.45, 2.75) is 56.5 Å². The number of hydrogen-bond acceptors (Lipinski definition) is 6. The fraction of sp³-hybridized carbons (Fsp3) is 0.407. The van der Waals surface area contributed by atoms with Crippen molar-refractivity contribution in [3.05, 3.63) is 64.2 Å². The molecular weight excluding hydrogens is 565 g/mol. The first-order valence-corrected chi connectivity index (χ1v) is 15.3. The summed E-state index contributed by atoms with van der Waals surface area (Å²) in [6.07, 6.45) is 1.22. The number of hydrogen-bond donors (Lipinski definition) is 4. The molecule has 212 valence electrons. The van der Waals surface area contributed by atoms with Gasteiger partial charge in [-0.3, -0.25) is 9.59 Å². The molecule has 8 nitrogen and oxygen atoms in total. The van der Waals surface area contributed by atoms with Crippen LogP contribution < -0.4 is 15.4 Å². The Hall–Kier alpha value is -2.57. The number of nitrogens with one attached hydrogen (secondary N) is 3. The van der Waals surface area contributed by atoms with E-state index in [1.54, 1.807) is 11.3 Å². The summed E-state index contributed by atoms with van der Waals surface area (Å²) in [7, 11) is -4.09. The van der Waals surface area contributed by atoms with Crippen LogP contribution in [0.3, 0.4) is 0 Å². The van der Waals surface area contributed by atoms with E-state index in [9.17, 15) is 27.5 Å². The lowest BCUT2D eigenvalue weighted by Crippen LogP contribution is -2.48. The monoisotopic (exact) mass is 597 g/mol. The Morgan fingerprint density at radius 2 is 1.87 bits per heavy atom. The second-order valence-electron chi connectivity index (χ2n) is 9.69. The molecule has 0 fully saturated rings. The van der Waals surface area contributed by atoms with Gasteiger partial charge in [0.15, 0.2) is 0 Å². The standard InChI is InChI=1S/C27H33ClFN3O5S2/c1-17(2)12-23(31-26(34)15-21-13-18-6-3-4-8-24(18)38-21)27(35)30-11-5-7-20(16-33)32-39(36,37)25-10-9-19(29)14-22(25)28/h3-4,6,8-10,13-14,17,20,23,32-33H,5,7,11-12,15-16H2,1-2H3,(H,30,35)(H,31,34)/t20-,23+/m1/s1. The quantitative estimate of drug-likeness (QED) is 0.209. The maximum absolute atomic E-state index is 13.3. The summed E-state index contributed by atoms with van der Waals surface area (Å²) in [5, 5.41) is 16.1. The number of halogens is 2. The molecule has 12 heteroatoms. The molecule has 39 heavy (non-hydrogen) atoms. The Morgan fingerprint density at radius 1 is 1.13 bits per heavy atom. The lowest BCUT2D eigenvalue weighted by Gasteiger charge is -2.21. The van der Waals surface area contributed by atoms with Crippen LogP contribution in [0.1, 0.15) is 38.0 Å². The van der Waals surface area contributed by atoms with E-state index in [0.29, 0.717) is 12.8 Å². The smallest absolute Gasteiger partial charge is 0.242 e. The number of thiophene rings is 1. The van der Waals surface area contributed by atoms with Crippen LogP contribution in [0.15, 0.2) is 53.4 Å². The molecular formula is C27H33ClFN3O5S2. The van der Waals surface area contributed by atoms with Crippen LogP contribution in [-0.4, -0.2) is 50.6 Å². The Balaban J connectivity index is 1.50. The number of rotatable bonds is 14. The number of aliphatic hydroxyl groups excluding tert-OH is 1. The fourth-order valence-corrected chi connectivity index (χ4v) is 6.93. The first-order chi connectivity index (χ1) is 18.5. The average Bonchev–Trinajstić information content (AvgIpc) is 3.26. The third-order valence-electron chi connectivity index (χ3n) is 5.92. The number of amides is 2. The van der Waals surface area contributed by atoms with E-state index >= 15 is 0 Å². The van der Waals surface area contributed by atoms with E-state index in [2.05, 4.69) is 15.4 Å². The molecule has 0 saturated carbocycles. The highest BCUT2D eigenvalue weighted by Crippen LogP contribution is 2.26. The van der Waals surface area contributed by atoms with Gasteiger partial charge in [-0.15, -0.1) is 11.3 Å². The lowest BCUT2D eigenvalue weighted by atomic mass is 10.0. The van der Waals surface area contributed by atoms with Crippen LogP contribution in [0.2, 0.25) is 5.02 Å². The molecule has 0 spiro atoms. The SMILES string of the molecule is CC(C)C[C@H](NC(=O)Cc1cc2ccccc2s1)C(=O)NCCC[C@H](CO)NS(=O)(=O)c1ccc(F)cc1Cl.